The standard InChI is InChI=1S/C20H23F3N2O/c1-24(2)12-6-11-19(26)15-7-4-5-8-17(15)25(3)18-10-9-14(13-16(18)19)20(21,22)23/h4-5,7-10,13,26H,6,11-12H2,1-3H3. The number of para-hydroxylation sites is 1. The number of halogens is 3. The summed E-state index contributed by atoms with van der Waals surface area (Å²) in [6.07, 6.45) is -3.43. The highest BCUT2D eigenvalue weighted by Gasteiger charge is 2.42. The molecule has 0 bridgehead atoms. The SMILES string of the molecule is CN(C)CCCC1(O)c2ccccc2N(C)c2ccc(C(F)(F)F)cc21. The Labute approximate surface area is 151 Å². The van der Waals surface area contributed by atoms with Crippen LogP contribution in [0.25, 0.3) is 0 Å². The minimum absolute atomic E-state index is 0.312. The Morgan fingerprint density at radius 2 is 1.69 bits per heavy atom. The lowest BCUT2D eigenvalue weighted by Gasteiger charge is -2.41. The first kappa shape index (κ1) is 18.7. The number of hydrogen-bond donors (Lipinski definition) is 1. The molecule has 0 aliphatic carbocycles. The monoisotopic (exact) mass is 364 g/mol. The fourth-order valence-corrected chi connectivity index (χ4v) is 3.65. The summed E-state index contributed by atoms with van der Waals surface area (Å²) in [5.74, 6) is 0. The number of hydrogen-bond acceptors (Lipinski definition) is 3. The third-order valence-electron chi connectivity index (χ3n) is 4.99. The molecule has 0 spiro atoms. The second-order valence-electron chi connectivity index (χ2n) is 7.07. The van der Waals surface area contributed by atoms with Gasteiger partial charge in [0.25, 0.3) is 0 Å². The van der Waals surface area contributed by atoms with Gasteiger partial charge in [0, 0.05) is 29.5 Å². The van der Waals surface area contributed by atoms with Gasteiger partial charge in [-0.1, -0.05) is 18.2 Å². The summed E-state index contributed by atoms with van der Waals surface area (Å²) >= 11 is 0. The molecule has 6 heteroatoms. The average Bonchev–Trinajstić information content (AvgIpc) is 2.58. The van der Waals surface area contributed by atoms with Crippen molar-refractivity contribution in [2.75, 3.05) is 32.6 Å². The molecule has 1 N–H and O–H groups in total. The highest BCUT2D eigenvalue weighted by molar-refractivity contribution is 5.77. The van der Waals surface area contributed by atoms with E-state index in [1.807, 2.05) is 49.1 Å². The Morgan fingerprint density at radius 1 is 1.04 bits per heavy atom. The third-order valence-corrected chi connectivity index (χ3v) is 4.99. The minimum Gasteiger partial charge on any atom is -0.380 e. The minimum atomic E-state index is -4.45. The van der Waals surface area contributed by atoms with Gasteiger partial charge < -0.3 is 14.9 Å². The maximum absolute atomic E-state index is 13.3. The number of aliphatic hydroxyl groups is 1. The van der Waals surface area contributed by atoms with Gasteiger partial charge in [0.1, 0.15) is 5.60 Å². The molecule has 0 aromatic heterocycles. The van der Waals surface area contributed by atoms with E-state index < -0.39 is 17.3 Å². The Bertz CT molecular complexity index is 804. The Balaban J connectivity index is 2.15. The van der Waals surface area contributed by atoms with Gasteiger partial charge in [-0.05, 0) is 57.7 Å². The van der Waals surface area contributed by atoms with Gasteiger partial charge in [0.05, 0.1) is 5.56 Å². The normalized spacial score (nSPS) is 19.5. The van der Waals surface area contributed by atoms with Gasteiger partial charge >= 0.3 is 6.18 Å². The largest absolute Gasteiger partial charge is 0.416 e. The van der Waals surface area contributed by atoms with E-state index in [4.69, 9.17) is 0 Å². The highest BCUT2D eigenvalue weighted by atomic mass is 19.4. The molecule has 0 amide bonds. The van der Waals surface area contributed by atoms with Gasteiger partial charge in [-0.2, -0.15) is 13.2 Å². The van der Waals surface area contributed by atoms with Gasteiger partial charge in [-0.15, -0.1) is 0 Å². The zero-order valence-corrected chi connectivity index (χ0v) is 15.1. The van der Waals surface area contributed by atoms with E-state index in [9.17, 15) is 18.3 Å². The Kier molecular flexibility index (Phi) is 4.75. The van der Waals surface area contributed by atoms with Crippen molar-refractivity contribution in [3.8, 4) is 0 Å². The lowest BCUT2D eigenvalue weighted by Crippen LogP contribution is -2.36. The molecular weight excluding hydrogens is 341 g/mol. The number of rotatable bonds is 4. The molecule has 0 fully saturated rings. The number of benzene rings is 2. The van der Waals surface area contributed by atoms with Crippen LogP contribution in [0.4, 0.5) is 24.5 Å². The molecule has 140 valence electrons. The quantitative estimate of drug-likeness (QED) is 0.873. The van der Waals surface area contributed by atoms with Crippen LogP contribution in [0, 0.1) is 0 Å². The van der Waals surface area contributed by atoms with Crippen LogP contribution < -0.4 is 4.90 Å². The van der Waals surface area contributed by atoms with Crippen molar-refractivity contribution in [1.82, 2.24) is 4.90 Å². The lowest BCUT2D eigenvalue weighted by atomic mass is 9.77. The summed E-state index contributed by atoms with van der Waals surface area (Å²) < 4.78 is 39.8. The second-order valence-corrected chi connectivity index (χ2v) is 7.07. The molecule has 1 aliphatic heterocycles. The lowest BCUT2D eigenvalue weighted by molar-refractivity contribution is -0.137. The summed E-state index contributed by atoms with van der Waals surface area (Å²) in [4.78, 5) is 3.84. The van der Waals surface area contributed by atoms with Crippen LogP contribution in [0.2, 0.25) is 0 Å². The molecular formula is C20H23F3N2O. The van der Waals surface area contributed by atoms with Crippen molar-refractivity contribution in [3.05, 3.63) is 59.2 Å². The molecule has 0 saturated heterocycles. The van der Waals surface area contributed by atoms with Gasteiger partial charge in [0.15, 0.2) is 0 Å². The van der Waals surface area contributed by atoms with Gasteiger partial charge in [-0.3, -0.25) is 0 Å². The van der Waals surface area contributed by atoms with Crippen molar-refractivity contribution in [1.29, 1.82) is 0 Å². The Morgan fingerprint density at radius 3 is 2.35 bits per heavy atom. The maximum Gasteiger partial charge on any atom is 0.416 e. The van der Waals surface area contributed by atoms with Crippen LogP contribution in [0.5, 0.6) is 0 Å². The Hall–Kier alpha value is -2.05. The van der Waals surface area contributed by atoms with Crippen LogP contribution in [0.3, 0.4) is 0 Å². The fourth-order valence-electron chi connectivity index (χ4n) is 3.65. The number of nitrogens with zero attached hydrogens (tertiary/aromatic N) is 2. The summed E-state index contributed by atoms with van der Waals surface area (Å²) in [6.45, 7) is 0.745. The first-order valence-corrected chi connectivity index (χ1v) is 8.56. The molecule has 0 radical (unpaired) electrons. The van der Waals surface area contributed by atoms with Crippen LogP contribution in [0.15, 0.2) is 42.5 Å². The maximum atomic E-state index is 13.3. The summed E-state index contributed by atoms with van der Waals surface area (Å²) in [5, 5.41) is 11.6. The van der Waals surface area contributed by atoms with E-state index in [1.54, 1.807) is 6.07 Å². The van der Waals surface area contributed by atoms with Gasteiger partial charge in [0.2, 0.25) is 0 Å². The molecule has 0 saturated carbocycles. The van der Waals surface area contributed by atoms with Crippen molar-refractivity contribution >= 4 is 11.4 Å². The molecule has 1 atom stereocenters. The van der Waals surface area contributed by atoms with Crippen molar-refractivity contribution < 1.29 is 18.3 Å². The first-order valence-electron chi connectivity index (χ1n) is 8.56. The summed E-state index contributed by atoms with van der Waals surface area (Å²) in [6, 6.07) is 11.0. The summed E-state index contributed by atoms with van der Waals surface area (Å²) in [5.41, 5.74) is 0.182. The van der Waals surface area contributed by atoms with E-state index >= 15 is 0 Å². The van der Waals surface area contributed by atoms with Crippen LogP contribution in [0.1, 0.15) is 29.5 Å². The average molecular weight is 364 g/mol. The number of fused-ring (bicyclic) bond motifs is 2. The van der Waals surface area contributed by atoms with Crippen molar-refractivity contribution in [2.24, 2.45) is 0 Å². The van der Waals surface area contributed by atoms with E-state index in [2.05, 4.69) is 0 Å². The second kappa shape index (κ2) is 6.59. The topological polar surface area (TPSA) is 26.7 Å². The molecule has 1 unspecified atom stereocenters. The number of alkyl halides is 3. The van der Waals surface area contributed by atoms with Crippen LogP contribution >= 0.6 is 0 Å². The molecule has 1 aliphatic rings. The van der Waals surface area contributed by atoms with Gasteiger partial charge in [-0.25, -0.2) is 0 Å². The molecule has 26 heavy (non-hydrogen) atoms. The molecule has 3 nitrogen and oxygen atoms in total. The number of anilines is 2. The zero-order valence-electron chi connectivity index (χ0n) is 15.1. The van der Waals surface area contributed by atoms with Crippen molar-refractivity contribution in [2.45, 2.75) is 24.6 Å². The fraction of sp³-hybridized carbons (Fsp3) is 0.400. The predicted octanol–water partition coefficient (Wildman–Crippen LogP) is 4.36. The first-order chi connectivity index (χ1) is 12.1. The smallest absolute Gasteiger partial charge is 0.380 e. The molecule has 2 aromatic carbocycles. The highest BCUT2D eigenvalue weighted by Crippen LogP contribution is 2.50. The predicted molar refractivity (Wildman–Crippen MR) is 96.7 cm³/mol. The molecule has 2 aromatic rings. The summed E-state index contributed by atoms with van der Waals surface area (Å²) in [7, 11) is 5.68. The molecule has 1 heterocycles. The third kappa shape index (κ3) is 3.19. The van der Waals surface area contributed by atoms with E-state index in [1.165, 1.54) is 6.07 Å². The van der Waals surface area contributed by atoms with Crippen LogP contribution in [-0.2, 0) is 11.8 Å². The van der Waals surface area contributed by atoms with Crippen LogP contribution in [-0.4, -0.2) is 37.7 Å². The van der Waals surface area contributed by atoms with E-state index in [0.717, 1.165) is 24.4 Å². The van der Waals surface area contributed by atoms with Crippen molar-refractivity contribution in [3.63, 3.8) is 0 Å². The van der Waals surface area contributed by atoms with E-state index in [0.29, 0.717) is 29.7 Å². The molecule has 3 rings (SSSR count). The zero-order chi connectivity index (χ0) is 19.1. The van der Waals surface area contributed by atoms with E-state index in [-0.39, 0.29) is 0 Å².